The van der Waals surface area contributed by atoms with Crippen LogP contribution in [-0.2, 0) is 14.3 Å². The van der Waals surface area contributed by atoms with Crippen LogP contribution in [0.3, 0.4) is 0 Å². The Kier molecular flexibility index (Phi) is 2.93. The second-order valence-electron chi connectivity index (χ2n) is 3.01. The number of ether oxygens (including phenoxy) is 1. The van der Waals surface area contributed by atoms with E-state index in [4.69, 9.17) is 5.53 Å². The van der Waals surface area contributed by atoms with Gasteiger partial charge in [-0.3, -0.25) is 4.79 Å². The molecule has 0 aromatic rings. The quantitative estimate of drug-likeness (QED) is 0.301. The van der Waals surface area contributed by atoms with Crippen LogP contribution in [0.5, 0.6) is 0 Å². The Balaban J connectivity index is 2.84. The van der Waals surface area contributed by atoms with Crippen LogP contribution in [0.15, 0.2) is 5.11 Å². The summed E-state index contributed by atoms with van der Waals surface area (Å²) in [5.74, 6) is -0.806. The van der Waals surface area contributed by atoms with Gasteiger partial charge in [0.05, 0.1) is 13.7 Å². The summed E-state index contributed by atoms with van der Waals surface area (Å²) in [5.41, 5.74) is 7.00. The number of esters is 1. The van der Waals surface area contributed by atoms with Gasteiger partial charge in [0.2, 0.25) is 5.91 Å². The molecule has 0 aromatic heterocycles. The summed E-state index contributed by atoms with van der Waals surface area (Å²) in [4.78, 5) is 24.9. The Morgan fingerprint density at radius 1 is 1.86 bits per heavy atom. The number of carbonyl (C=O) groups excluding carboxylic acids is 2. The Morgan fingerprint density at radius 2 is 2.57 bits per heavy atom. The third kappa shape index (κ3) is 1.77. The van der Waals surface area contributed by atoms with E-state index in [1.807, 2.05) is 0 Å². The van der Waals surface area contributed by atoms with Gasteiger partial charge in [-0.05, 0) is 12.0 Å². The van der Waals surface area contributed by atoms with Gasteiger partial charge >= 0.3 is 5.97 Å². The zero-order valence-electron chi connectivity index (χ0n) is 7.69. The Labute approximate surface area is 80.0 Å². The third-order valence-corrected chi connectivity index (χ3v) is 2.14. The summed E-state index contributed by atoms with van der Waals surface area (Å²) in [6, 6.07) is 0. The molecule has 1 N–H and O–H groups in total. The SMILES string of the molecule is COC(=O)[C@@]1(CN=[N+]=[N-])CCC(=O)N1. The average molecular weight is 198 g/mol. The molecule has 1 aliphatic rings. The molecule has 0 aliphatic carbocycles. The van der Waals surface area contributed by atoms with E-state index in [9.17, 15) is 9.59 Å². The van der Waals surface area contributed by atoms with E-state index in [0.717, 1.165) is 0 Å². The molecular weight excluding hydrogens is 188 g/mol. The molecule has 0 aromatic carbocycles. The maximum Gasteiger partial charge on any atom is 0.331 e. The zero-order valence-corrected chi connectivity index (χ0v) is 7.69. The van der Waals surface area contributed by atoms with E-state index in [1.165, 1.54) is 7.11 Å². The fraction of sp³-hybridized carbons (Fsp3) is 0.714. The van der Waals surface area contributed by atoms with Gasteiger partial charge in [0, 0.05) is 11.3 Å². The number of rotatable bonds is 3. The summed E-state index contributed by atoms with van der Waals surface area (Å²) < 4.78 is 4.55. The Hall–Kier alpha value is -1.75. The first-order valence-electron chi connectivity index (χ1n) is 4.05. The fourth-order valence-electron chi connectivity index (χ4n) is 1.40. The third-order valence-electron chi connectivity index (χ3n) is 2.14. The number of carbonyl (C=O) groups is 2. The first kappa shape index (κ1) is 10.3. The molecular formula is C7H10N4O3. The number of azide groups is 1. The minimum atomic E-state index is -1.15. The lowest BCUT2D eigenvalue weighted by molar-refractivity contribution is -0.148. The van der Waals surface area contributed by atoms with E-state index in [-0.39, 0.29) is 18.9 Å². The van der Waals surface area contributed by atoms with Crippen molar-refractivity contribution in [2.45, 2.75) is 18.4 Å². The van der Waals surface area contributed by atoms with Crippen LogP contribution in [0, 0.1) is 0 Å². The first-order valence-corrected chi connectivity index (χ1v) is 4.05. The van der Waals surface area contributed by atoms with Gasteiger partial charge in [0.15, 0.2) is 0 Å². The number of nitrogens with zero attached hydrogens (tertiary/aromatic N) is 3. The molecule has 0 saturated carbocycles. The van der Waals surface area contributed by atoms with Crippen LogP contribution in [0.25, 0.3) is 10.4 Å². The molecule has 76 valence electrons. The van der Waals surface area contributed by atoms with Crippen LogP contribution in [-0.4, -0.2) is 31.1 Å². The molecule has 0 radical (unpaired) electrons. The highest BCUT2D eigenvalue weighted by Gasteiger charge is 2.44. The molecule has 0 bridgehead atoms. The van der Waals surface area contributed by atoms with Gasteiger partial charge < -0.3 is 10.1 Å². The monoisotopic (exact) mass is 198 g/mol. The molecule has 7 nitrogen and oxygen atoms in total. The molecule has 0 unspecified atom stereocenters. The lowest BCUT2D eigenvalue weighted by Crippen LogP contribution is -2.52. The fourth-order valence-corrected chi connectivity index (χ4v) is 1.40. The van der Waals surface area contributed by atoms with E-state index >= 15 is 0 Å². The van der Waals surface area contributed by atoms with Crippen molar-refractivity contribution in [2.75, 3.05) is 13.7 Å². The molecule has 1 heterocycles. The molecule has 1 amide bonds. The maximum absolute atomic E-state index is 11.4. The summed E-state index contributed by atoms with van der Waals surface area (Å²) in [5, 5.41) is 5.77. The van der Waals surface area contributed by atoms with Crippen molar-refractivity contribution >= 4 is 11.9 Å². The smallest absolute Gasteiger partial charge is 0.331 e. The van der Waals surface area contributed by atoms with Crippen molar-refractivity contribution in [3.63, 3.8) is 0 Å². The second kappa shape index (κ2) is 3.97. The molecule has 1 atom stereocenters. The Morgan fingerprint density at radius 3 is 3.00 bits per heavy atom. The van der Waals surface area contributed by atoms with Gasteiger partial charge in [-0.15, -0.1) is 0 Å². The van der Waals surface area contributed by atoms with Crippen molar-refractivity contribution in [3.05, 3.63) is 10.4 Å². The van der Waals surface area contributed by atoms with Crippen LogP contribution < -0.4 is 5.32 Å². The van der Waals surface area contributed by atoms with Gasteiger partial charge in [-0.2, -0.15) is 0 Å². The van der Waals surface area contributed by atoms with Gasteiger partial charge in [0.25, 0.3) is 0 Å². The highest BCUT2D eigenvalue weighted by Crippen LogP contribution is 2.22. The zero-order chi connectivity index (χ0) is 10.6. The van der Waals surface area contributed by atoms with Crippen molar-refractivity contribution in [1.82, 2.24) is 5.32 Å². The number of methoxy groups -OCH3 is 1. The average Bonchev–Trinajstić information content (AvgIpc) is 2.57. The van der Waals surface area contributed by atoms with Crippen LogP contribution in [0.4, 0.5) is 0 Å². The van der Waals surface area contributed by atoms with Crippen molar-refractivity contribution < 1.29 is 14.3 Å². The van der Waals surface area contributed by atoms with Crippen LogP contribution >= 0.6 is 0 Å². The lowest BCUT2D eigenvalue weighted by Gasteiger charge is -2.23. The predicted molar refractivity (Wildman–Crippen MR) is 46.1 cm³/mol. The highest BCUT2D eigenvalue weighted by atomic mass is 16.5. The normalized spacial score (nSPS) is 25.1. The van der Waals surface area contributed by atoms with Gasteiger partial charge in [0.1, 0.15) is 5.54 Å². The number of hydrogen-bond donors (Lipinski definition) is 1. The summed E-state index contributed by atoms with van der Waals surface area (Å²) >= 11 is 0. The van der Waals surface area contributed by atoms with Crippen LogP contribution in [0.1, 0.15) is 12.8 Å². The van der Waals surface area contributed by atoms with E-state index in [0.29, 0.717) is 6.42 Å². The predicted octanol–water partition coefficient (Wildman–Crippen LogP) is 0.118. The summed E-state index contributed by atoms with van der Waals surface area (Å²) in [7, 11) is 1.23. The largest absolute Gasteiger partial charge is 0.467 e. The van der Waals surface area contributed by atoms with Gasteiger partial charge in [-0.25, -0.2) is 4.79 Å². The van der Waals surface area contributed by atoms with E-state index in [2.05, 4.69) is 20.1 Å². The van der Waals surface area contributed by atoms with Crippen molar-refractivity contribution in [3.8, 4) is 0 Å². The lowest BCUT2D eigenvalue weighted by atomic mass is 9.98. The second-order valence-corrected chi connectivity index (χ2v) is 3.01. The van der Waals surface area contributed by atoms with E-state index < -0.39 is 11.5 Å². The maximum atomic E-state index is 11.4. The molecule has 1 saturated heterocycles. The molecule has 0 spiro atoms. The highest BCUT2D eigenvalue weighted by molar-refractivity contribution is 5.92. The topological polar surface area (TPSA) is 104 Å². The number of amides is 1. The Bertz CT molecular complexity index is 310. The molecule has 1 rings (SSSR count). The van der Waals surface area contributed by atoms with Crippen molar-refractivity contribution in [2.24, 2.45) is 5.11 Å². The van der Waals surface area contributed by atoms with E-state index in [1.54, 1.807) is 0 Å². The summed E-state index contributed by atoms with van der Waals surface area (Å²) in [6.45, 7) is -0.109. The number of nitrogens with one attached hydrogen (secondary N) is 1. The standard InChI is InChI=1S/C7H10N4O3/c1-14-6(13)7(4-9-11-8)3-2-5(12)10-7/h2-4H2,1H3,(H,10,12)/t7-/m0/s1. The minimum absolute atomic E-state index is 0.109. The van der Waals surface area contributed by atoms with Crippen LogP contribution in [0.2, 0.25) is 0 Å². The minimum Gasteiger partial charge on any atom is -0.467 e. The van der Waals surface area contributed by atoms with Gasteiger partial charge in [-0.1, -0.05) is 5.11 Å². The molecule has 7 heteroatoms. The molecule has 14 heavy (non-hydrogen) atoms. The summed E-state index contributed by atoms with van der Waals surface area (Å²) in [6.07, 6.45) is 0.549. The first-order chi connectivity index (χ1) is 6.64. The number of hydrogen-bond acceptors (Lipinski definition) is 4. The van der Waals surface area contributed by atoms with Crippen molar-refractivity contribution in [1.29, 1.82) is 0 Å². The molecule has 1 aliphatic heterocycles. The molecule has 1 fully saturated rings.